The van der Waals surface area contributed by atoms with Crippen molar-refractivity contribution in [2.24, 2.45) is 5.73 Å². The first-order valence-corrected chi connectivity index (χ1v) is 6.15. The van der Waals surface area contributed by atoms with Crippen LogP contribution in [0.3, 0.4) is 0 Å². The van der Waals surface area contributed by atoms with Crippen LogP contribution in [0, 0.1) is 0 Å². The molecule has 1 unspecified atom stereocenters. The molecule has 2 rings (SSSR count). The van der Waals surface area contributed by atoms with Gasteiger partial charge in [0.05, 0.1) is 6.10 Å². The van der Waals surface area contributed by atoms with Crippen molar-refractivity contribution < 1.29 is 13.5 Å². The van der Waals surface area contributed by atoms with Crippen LogP contribution in [0.1, 0.15) is 42.8 Å². The molecule has 0 aromatic carbocycles. The lowest BCUT2D eigenvalue weighted by Gasteiger charge is -2.22. The zero-order valence-corrected chi connectivity index (χ0v) is 10.1. The number of aromatic nitrogens is 2. The molecular weight excluding hydrogens is 240 g/mol. The lowest BCUT2D eigenvalue weighted by molar-refractivity contribution is 0.0154. The van der Waals surface area contributed by atoms with Gasteiger partial charge in [0.15, 0.2) is 0 Å². The fourth-order valence-electron chi connectivity index (χ4n) is 2.07. The van der Waals surface area contributed by atoms with E-state index >= 15 is 0 Å². The van der Waals surface area contributed by atoms with E-state index in [2.05, 4.69) is 9.97 Å². The predicted molar refractivity (Wildman–Crippen MR) is 62.2 cm³/mol. The van der Waals surface area contributed by atoms with Gasteiger partial charge in [0, 0.05) is 31.3 Å². The van der Waals surface area contributed by atoms with Gasteiger partial charge in [-0.3, -0.25) is 0 Å². The summed E-state index contributed by atoms with van der Waals surface area (Å²) < 4.78 is 31.1. The molecular formula is C12H17F2N3O. The molecule has 0 spiro atoms. The molecule has 0 amide bonds. The van der Waals surface area contributed by atoms with Gasteiger partial charge >= 0.3 is 0 Å². The summed E-state index contributed by atoms with van der Waals surface area (Å²) in [5.41, 5.74) is 5.44. The summed E-state index contributed by atoms with van der Waals surface area (Å²) in [7, 11) is 0. The van der Waals surface area contributed by atoms with Gasteiger partial charge in [-0.05, 0) is 19.3 Å². The van der Waals surface area contributed by atoms with Crippen LogP contribution in [0.5, 0.6) is 0 Å². The highest BCUT2D eigenvalue weighted by atomic mass is 19.3. The molecule has 1 fully saturated rings. The Labute approximate surface area is 105 Å². The molecule has 18 heavy (non-hydrogen) atoms. The van der Waals surface area contributed by atoms with E-state index < -0.39 is 6.43 Å². The Kier molecular flexibility index (Phi) is 4.54. The van der Waals surface area contributed by atoms with E-state index in [4.69, 9.17) is 10.5 Å². The van der Waals surface area contributed by atoms with E-state index in [1.807, 2.05) is 0 Å². The highest BCUT2D eigenvalue weighted by Crippen LogP contribution is 2.21. The number of alkyl halides is 2. The predicted octanol–water partition coefficient (Wildman–Crippen LogP) is 1.98. The van der Waals surface area contributed by atoms with E-state index in [1.165, 1.54) is 6.20 Å². The second-order valence-electron chi connectivity index (χ2n) is 4.39. The maximum atomic E-state index is 12.8. The molecule has 4 nitrogen and oxygen atoms in total. The third-order valence-electron chi connectivity index (χ3n) is 3.06. The van der Waals surface area contributed by atoms with Crippen molar-refractivity contribution in [3.05, 3.63) is 23.3 Å². The topological polar surface area (TPSA) is 61.0 Å². The van der Waals surface area contributed by atoms with E-state index in [9.17, 15) is 8.78 Å². The Morgan fingerprint density at radius 1 is 1.44 bits per heavy atom. The number of rotatable bonds is 4. The molecule has 1 atom stereocenters. The maximum absolute atomic E-state index is 12.8. The van der Waals surface area contributed by atoms with Crippen LogP contribution in [-0.4, -0.2) is 22.7 Å². The lowest BCUT2D eigenvalue weighted by atomic mass is 10.1. The van der Waals surface area contributed by atoms with Crippen molar-refractivity contribution in [1.82, 2.24) is 9.97 Å². The SMILES string of the molecule is NCc1cnc(CC2CCCCO2)nc1C(F)F. The Bertz CT molecular complexity index is 395. The number of hydrogen-bond donors (Lipinski definition) is 1. The quantitative estimate of drug-likeness (QED) is 0.896. The second-order valence-corrected chi connectivity index (χ2v) is 4.39. The summed E-state index contributed by atoms with van der Waals surface area (Å²) in [6, 6.07) is 0. The van der Waals surface area contributed by atoms with Crippen molar-refractivity contribution in [3.8, 4) is 0 Å². The number of halogens is 2. The first kappa shape index (κ1) is 13.3. The van der Waals surface area contributed by atoms with E-state index in [0.717, 1.165) is 25.9 Å². The van der Waals surface area contributed by atoms with Gasteiger partial charge in [0.25, 0.3) is 6.43 Å². The van der Waals surface area contributed by atoms with Crippen LogP contribution < -0.4 is 5.73 Å². The molecule has 6 heteroatoms. The summed E-state index contributed by atoms with van der Waals surface area (Å²) in [5.74, 6) is 0.411. The minimum Gasteiger partial charge on any atom is -0.378 e. The Hall–Kier alpha value is -1.14. The van der Waals surface area contributed by atoms with Crippen LogP contribution in [0.15, 0.2) is 6.20 Å². The summed E-state index contributed by atoms with van der Waals surface area (Å²) >= 11 is 0. The molecule has 0 radical (unpaired) electrons. The van der Waals surface area contributed by atoms with Crippen molar-refractivity contribution in [2.75, 3.05) is 6.61 Å². The summed E-state index contributed by atoms with van der Waals surface area (Å²) in [6.45, 7) is 0.757. The molecule has 0 aliphatic carbocycles. The fourth-order valence-corrected chi connectivity index (χ4v) is 2.07. The Balaban J connectivity index is 2.10. The highest BCUT2D eigenvalue weighted by molar-refractivity contribution is 5.18. The Morgan fingerprint density at radius 3 is 2.89 bits per heavy atom. The molecule has 1 aromatic rings. The van der Waals surface area contributed by atoms with Crippen LogP contribution in [0.25, 0.3) is 0 Å². The summed E-state index contributed by atoms with van der Waals surface area (Å²) in [4.78, 5) is 8.00. The molecule has 1 aliphatic heterocycles. The highest BCUT2D eigenvalue weighted by Gasteiger charge is 2.19. The third-order valence-corrected chi connectivity index (χ3v) is 3.06. The third kappa shape index (κ3) is 3.20. The molecule has 0 saturated carbocycles. The van der Waals surface area contributed by atoms with Crippen LogP contribution in [-0.2, 0) is 17.7 Å². The molecule has 2 N–H and O–H groups in total. The van der Waals surface area contributed by atoms with Gasteiger partial charge in [0.2, 0.25) is 0 Å². The first-order chi connectivity index (χ1) is 8.70. The minimum absolute atomic E-state index is 0.0277. The van der Waals surface area contributed by atoms with E-state index in [-0.39, 0.29) is 18.3 Å². The van der Waals surface area contributed by atoms with Crippen molar-refractivity contribution >= 4 is 0 Å². The molecule has 1 saturated heterocycles. The van der Waals surface area contributed by atoms with Gasteiger partial charge in [-0.2, -0.15) is 0 Å². The largest absolute Gasteiger partial charge is 0.378 e. The smallest absolute Gasteiger partial charge is 0.280 e. The average molecular weight is 257 g/mol. The van der Waals surface area contributed by atoms with Crippen LogP contribution in [0.2, 0.25) is 0 Å². The zero-order chi connectivity index (χ0) is 13.0. The lowest BCUT2D eigenvalue weighted by Crippen LogP contribution is -2.23. The van der Waals surface area contributed by atoms with Crippen molar-refractivity contribution in [2.45, 2.75) is 44.8 Å². The summed E-state index contributed by atoms with van der Waals surface area (Å²) in [6.07, 6.45) is 2.42. The van der Waals surface area contributed by atoms with Gasteiger partial charge < -0.3 is 10.5 Å². The normalized spacial score (nSPS) is 20.3. The van der Waals surface area contributed by atoms with Crippen molar-refractivity contribution in [3.63, 3.8) is 0 Å². The zero-order valence-electron chi connectivity index (χ0n) is 10.1. The van der Waals surface area contributed by atoms with E-state index in [0.29, 0.717) is 17.8 Å². The number of nitrogens with two attached hydrogens (primary N) is 1. The monoisotopic (exact) mass is 257 g/mol. The maximum Gasteiger partial charge on any atom is 0.280 e. The van der Waals surface area contributed by atoms with Gasteiger partial charge in [0.1, 0.15) is 11.5 Å². The van der Waals surface area contributed by atoms with Gasteiger partial charge in [-0.25, -0.2) is 18.7 Å². The molecule has 0 bridgehead atoms. The molecule has 2 heterocycles. The molecule has 1 aliphatic rings. The molecule has 100 valence electrons. The summed E-state index contributed by atoms with van der Waals surface area (Å²) in [5, 5.41) is 0. The number of hydrogen-bond acceptors (Lipinski definition) is 4. The van der Waals surface area contributed by atoms with Crippen LogP contribution >= 0.6 is 0 Å². The van der Waals surface area contributed by atoms with E-state index in [1.54, 1.807) is 0 Å². The fraction of sp³-hybridized carbons (Fsp3) is 0.667. The number of ether oxygens (including phenoxy) is 1. The molecule has 1 aromatic heterocycles. The van der Waals surface area contributed by atoms with Gasteiger partial charge in [-0.1, -0.05) is 0 Å². The van der Waals surface area contributed by atoms with Crippen LogP contribution in [0.4, 0.5) is 8.78 Å². The average Bonchev–Trinajstić information content (AvgIpc) is 2.40. The number of nitrogens with zero attached hydrogens (tertiary/aromatic N) is 2. The Morgan fingerprint density at radius 2 is 2.28 bits per heavy atom. The second kappa shape index (κ2) is 6.15. The van der Waals surface area contributed by atoms with Crippen molar-refractivity contribution in [1.29, 1.82) is 0 Å². The standard InChI is InChI=1S/C12H17F2N3O/c13-12(14)11-8(6-15)7-16-10(17-11)5-9-3-1-2-4-18-9/h7,9,12H,1-6,15H2. The van der Waals surface area contributed by atoms with Gasteiger partial charge in [-0.15, -0.1) is 0 Å². The first-order valence-electron chi connectivity index (χ1n) is 6.15. The minimum atomic E-state index is -2.61.